The number of hydrogen-bond donors (Lipinski definition) is 2. The molecule has 0 aromatic heterocycles. The van der Waals surface area contributed by atoms with E-state index < -0.39 is 0 Å². The summed E-state index contributed by atoms with van der Waals surface area (Å²) in [5.74, 6) is -0.0633. The molecule has 3 nitrogen and oxygen atoms in total. The maximum atomic E-state index is 11.9. The Morgan fingerprint density at radius 3 is 2.69 bits per heavy atom. The van der Waals surface area contributed by atoms with E-state index in [1.165, 1.54) is 0 Å². The van der Waals surface area contributed by atoms with E-state index >= 15 is 0 Å². The number of benzene rings is 1. The molecule has 0 radical (unpaired) electrons. The van der Waals surface area contributed by atoms with Gasteiger partial charge in [0, 0.05) is 15.7 Å². The Labute approximate surface area is 110 Å². The summed E-state index contributed by atoms with van der Waals surface area (Å²) in [5, 5.41) is 2.84. The Kier molecular flexibility index (Phi) is 4.32. The fourth-order valence-corrected chi connectivity index (χ4v) is 1.80. The third-order valence-corrected chi connectivity index (χ3v) is 3.01. The molecule has 0 saturated carbocycles. The molecule has 0 bridgehead atoms. The van der Waals surface area contributed by atoms with Crippen LogP contribution in [0.15, 0.2) is 18.2 Å². The Balaban J connectivity index is 2.77. The summed E-state index contributed by atoms with van der Waals surface area (Å²) in [6, 6.07) is 5.82. The first kappa shape index (κ1) is 13.4. The number of nitrogens with one attached hydrogen (secondary N) is 1. The predicted octanol–water partition coefficient (Wildman–Crippen LogP) is 2.07. The second kappa shape index (κ2) is 5.14. The third kappa shape index (κ3) is 4.09. The van der Waals surface area contributed by atoms with Gasteiger partial charge >= 0.3 is 0 Å². The first-order valence-electron chi connectivity index (χ1n) is 5.13. The second-order valence-corrected chi connectivity index (χ2v) is 5.82. The smallest absolute Gasteiger partial charge is 0.252 e. The van der Waals surface area contributed by atoms with E-state index in [4.69, 9.17) is 5.73 Å². The number of nitrogens with two attached hydrogens (primary N) is 1. The van der Waals surface area contributed by atoms with Crippen LogP contribution in [-0.4, -0.2) is 18.0 Å². The summed E-state index contributed by atoms with van der Waals surface area (Å²) in [5.41, 5.74) is 7.22. The molecule has 0 saturated heterocycles. The van der Waals surface area contributed by atoms with Gasteiger partial charge in [0.15, 0.2) is 0 Å². The maximum absolute atomic E-state index is 11.9. The molecule has 0 atom stereocenters. The fraction of sp³-hybridized carbons (Fsp3) is 0.417. The van der Waals surface area contributed by atoms with Gasteiger partial charge < -0.3 is 11.1 Å². The van der Waals surface area contributed by atoms with Crippen LogP contribution in [0, 0.1) is 10.5 Å². The van der Waals surface area contributed by atoms with Crippen molar-refractivity contribution >= 4 is 28.5 Å². The van der Waals surface area contributed by atoms with Crippen LogP contribution < -0.4 is 11.1 Å². The van der Waals surface area contributed by atoms with Crippen molar-refractivity contribution in [3.63, 3.8) is 0 Å². The average Bonchev–Trinajstić information content (AvgIpc) is 2.17. The van der Waals surface area contributed by atoms with Crippen LogP contribution in [0.5, 0.6) is 0 Å². The zero-order chi connectivity index (χ0) is 12.3. The number of amides is 1. The highest BCUT2D eigenvalue weighted by atomic mass is 127. The third-order valence-electron chi connectivity index (χ3n) is 2.07. The van der Waals surface area contributed by atoms with Gasteiger partial charge in [0.25, 0.3) is 5.91 Å². The highest BCUT2D eigenvalue weighted by Crippen LogP contribution is 2.14. The maximum Gasteiger partial charge on any atom is 0.252 e. The van der Waals surface area contributed by atoms with Crippen molar-refractivity contribution in [1.82, 2.24) is 5.32 Å². The molecule has 0 aliphatic carbocycles. The van der Waals surface area contributed by atoms with Crippen molar-refractivity contribution in [2.45, 2.75) is 26.3 Å². The second-order valence-electron chi connectivity index (χ2n) is 4.65. The summed E-state index contributed by atoms with van der Waals surface area (Å²) >= 11 is 2.16. The molecule has 0 unspecified atom stereocenters. The molecule has 0 aliphatic rings. The molecule has 1 rings (SSSR count). The van der Waals surface area contributed by atoms with E-state index in [0.29, 0.717) is 12.1 Å². The topological polar surface area (TPSA) is 55.1 Å². The molecule has 88 valence electrons. The highest BCUT2D eigenvalue weighted by Gasteiger charge is 2.15. The Hall–Kier alpha value is -0.620. The monoisotopic (exact) mass is 332 g/mol. The van der Waals surface area contributed by atoms with E-state index in [2.05, 4.69) is 27.9 Å². The Morgan fingerprint density at radius 1 is 1.50 bits per heavy atom. The number of hydrogen-bond acceptors (Lipinski definition) is 2. The quantitative estimate of drug-likeness (QED) is 0.833. The van der Waals surface area contributed by atoms with Gasteiger partial charge in [-0.3, -0.25) is 4.79 Å². The number of aryl methyl sites for hydroxylation is 1. The minimum absolute atomic E-state index is 0.0633. The Bertz CT molecular complexity index is 396. The predicted molar refractivity (Wildman–Crippen MR) is 74.5 cm³/mol. The van der Waals surface area contributed by atoms with Crippen LogP contribution in [0.1, 0.15) is 29.8 Å². The summed E-state index contributed by atoms with van der Waals surface area (Å²) in [4.78, 5) is 11.9. The van der Waals surface area contributed by atoms with Gasteiger partial charge in [-0.1, -0.05) is 11.6 Å². The van der Waals surface area contributed by atoms with Gasteiger partial charge in [-0.25, -0.2) is 0 Å². The number of rotatable bonds is 3. The molecular weight excluding hydrogens is 315 g/mol. The lowest BCUT2D eigenvalue weighted by molar-refractivity contribution is 0.0945. The van der Waals surface area contributed by atoms with Gasteiger partial charge in [-0.15, -0.1) is 0 Å². The molecule has 16 heavy (non-hydrogen) atoms. The van der Waals surface area contributed by atoms with Crippen molar-refractivity contribution in [2.24, 2.45) is 5.73 Å². The zero-order valence-electron chi connectivity index (χ0n) is 9.80. The standard InChI is InChI=1S/C12H17IN2O/c1-8-4-5-10(13)9(6-8)11(16)15-7-12(2,3)14/h4-6H,7,14H2,1-3H3,(H,15,16). The SMILES string of the molecule is Cc1ccc(I)c(C(=O)NCC(C)(C)N)c1. The van der Waals surface area contributed by atoms with Crippen LogP contribution in [0.25, 0.3) is 0 Å². The lowest BCUT2D eigenvalue weighted by atomic mass is 10.1. The number of carbonyl (C=O) groups excluding carboxylic acids is 1. The molecular formula is C12H17IN2O. The largest absolute Gasteiger partial charge is 0.350 e. The van der Waals surface area contributed by atoms with E-state index in [1.807, 2.05) is 39.0 Å². The normalized spacial score (nSPS) is 11.3. The first-order chi connectivity index (χ1) is 7.29. The van der Waals surface area contributed by atoms with Crippen molar-refractivity contribution in [1.29, 1.82) is 0 Å². The van der Waals surface area contributed by atoms with Crippen molar-refractivity contribution < 1.29 is 4.79 Å². The van der Waals surface area contributed by atoms with Crippen LogP contribution in [0.2, 0.25) is 0 Å². The van der Waals surface area contributed by atoms with Crippen LogP contribution >= 0.6 is 22.6 Å². The molecule has 0 aliphatic heterocycles. The first-order valence-corrected chi connectivity index (χ1v) is 6.21. The molecule has 1 aromatic carbocycles. The van der Waals surface area contributed by atoms with E-state index in [-0.39, 0.29) is 11.4 Å². The lowest BCUT2D eigenvalue weighted by Crippen LogP contribution is -2.45. The highest BCUT2D eigenvalue weighted by molar-refractivity contribution is 14.1. The van der Waals surface area contributed by atoms with Crippen molar-refractivity contribution in [3.05, 3.63) is 32.9 Å². The van der Waals surface area contributed by atoms with Crippen molar-refractivity contribution in [2.75, 3.05) is 6.54 Å². The van der Waals surface area contributed by atoms with Crippen molar-refractivity contribution in [3.8, 4) is 0 Å². The molecule has 3 N–H and O–H groups in total. The minimum atomic E-state index is -0.384. The Morgan fingerprint density at radius 2 is 2.12 bits per heavy atom. The number of carbonyl (C=O) groups is 1. The number of halogens is 1. The summed E-state index contributed by atoms with van der Waals surface area (Å²) in [7, 11) is 0. The van der Waals surface area contributed by atoms with E-state index in [9.17, 15) is 4.79 Å². The summed E-state index contributed by atoms with van der Waals surface area (Å²) in [6.07, 6.45) is 0. The molecule has 0 heterocycles. The molecule has 1 aromatic rings. The fourth-order valence-electron chi connectivity index (χ4n) is 1.22. The van der Waals surface area contributed by atoms with Gasteiger partial charge in [-0.05, 0) is 55.5 Å². The van der Waals surface area contributed by atoms with Gasteiger partial charge in [0.05, 0.1) is 5.56 Å². The molecule has 4 heteroatoms. The van der Waals surface area contributed by atoms with Gasteiger partial charge in [0.1, 0.15) is 0 Å². The molecule has 0 fully saturated rings. The minimum Gasteiger partial charge on any atom is -0.350 e. The van der Waals surface area contributed by atoms with Crippen LogP contribution in [-0.2, 0) is 0 Å². The van der Waals surface area contributed by atoms with E-state index in [0.717, 1.165) is 9.13 Å². The molecule has 0 spiro atoms. The van der Waals surface area contributed by atoms with Gasteiger partial charge in [0.2, 0.25) is 0 Å². The zero-order valence-corrected chi connectivity index (χ0v) is 12.0. The summed E-state index contributed by atoms with van der Waals surface area (Å²) < 4.78 is 0.954. The van der Waals surface area contributed by atoms with E-state index in [1.54, 1.807) is 0 Å². The summed E-state index contributed by atoms with van der Waals surface area (Å²) in [6.45, 7) is 6.21. The lowest BCUT2D eigenvalue weighted by Gasteiger charge is -2.19. The molecule has 1 amide bonds. The van der Waals surface area contributed by atoms with Crippen LogP contribution in [0.4, 0.5) is 0 Å². The van der Waals surface area contributed by atoms with Gasteiger partial charge in [-0.2, -0.15) is 0 Å². The van der Waals surface area contributed by atoms with Crippen LogP contribution in [0.3, 0.4) is 0 Å². The average molecular weight is 332 g/mol.